The van der Waals surface area contributed by atoms with E-state index in [0.717, 1.165) is 31.8 Å². The topological polar surface area (TPSA) is 21.7 Å². The second-order valence-electron chi connectivity index (χ2n) is 4.84. The van der Waals surface area contributed by atoms with Crippen LogP contribution in [0.25, 0.3) is 0 Å². The molecule has 1 atom stereocenters. The zero-order valence-corrected chi connectivity index (χ0v) is 11.4. The normalized spacial score (nSPS) is 20.9. The van der Waals surface area contributed by atoms with Crippen LogP contribution >= 0.6 is 0 Å². The van der Waals surface area contributed by atoms with Crippen LogP contribution in [-0.4, -0.2) is 50.8 Å². The molecule has 1 unspecified atom stereocenters. The maximum absolute atomic E-state index is 12.5. The van der Waals surface area contributed by atoms with E-state index in [2.05, 4.69) is 11.8 Å². The molecule has 0 aromatic heterocycles. The van der Waals surface area contributed by atoms with Gasteiger partial charge in [-0.25, -0.2) is 0 Å². The fourth-order valence-corrected chi connectivity index (χ4v) is 2.14. The first-order valence-corrected chi connectivity index (χ1v) is 6.75. The second-order valence-corrected chi connectivity index (χ2v) is 4.84. The van der Waals surface area contributed by atoms with Crippen LogP contribution in [0.2, 0.25) is 0 Å². The molecule has 112 valence electrons. The molecule has 0 radical (unpaired) electrons. The van der Waals surface area contributed by atoms with Crippen LogP contribution in [0.1, 0.15) is 6.92 Å². The van der Waals surface area contributed by atoms with Crippen LogP contribution < -0.4 is 10.2 Å². The Labute approximate surface area is 116 Å². The number of halogens is 3. The Balaban J connectivity index is 1.85. The van der Waals surface area contributed by atoms with Gasteiger partial charge in [0.25, 0.3) is 0 Å². The summed E-state index contributed by atoms with van der Waals surface area (Å²) in [5, 5.41) is 0. The SMILES string of the molecule is CCN1CCOC(COc2ccc([B-](F)(F)F)cc2)C1. The van der Waals surface area contributed by atoms with Crippen LogP contribution in [0.5, 0.6) is 5.75 Å². The van der Waals surface area contributed by atoms with Crippen molar-refractivity contribution in [2.45, 2.75) is 13.0 Å². The molecule has 1 heterocycles. The van der Waals surface area contributed by atoms with E-state index in [4.69, 9.17) is 9.47 Å². The van der Waals surface area contributed by atoms with E-state index in [-0.39, 0.29) is 6.10 Å². The summed E-state index contributed by atoms with van der Waals surface area (Å²) in [5.74, 6) is 0.436. The number of hydrogen-bond donors (Lipinski definition) is 0. The number of nitrogens with zero attached hydrogens (tertiary/aromatic N) is 1. The van der Waals surface area contributed by atoms with Crippen LogP contribution in [0, 0.1) is 0 Å². The molecule has 0 saturated carbocycles. The van der Waals surface area contributed by atoms with Crippen molar-refractivity contribution in [3.8, 4) is 5.75 Å². The Morgan fingerprint density at radius 1 is 1.30 bits per heavy atom. The fraction of sp³-hybridized carbons (Fsp3) is 0.538. The molecular formula is C13H18BF3NO2-. The van der Waals surface area contributed by atoms with Gasteiger partial charge in [0.05, 0.1) is 6.61 Å². The first-order chi connectivity index (χ1) is 9.49. The summed E-state index contributed by atoms with van der Waals surface area (Å²) in [6.07, 6.45) is -0.0322. The highest BCUT2D eigenvalue weighted by molar-refractivity contribution is 6.73. The largest absolute Gasteiger partial charge is 0.509 e. The van der Waals surface area contributed by atoms with Gasteiger partial charge in [0, 0.05) is 13.1 Å². The number of rotatable bonds is 5. The molecule has 0 spiro atoms. The van der Waals surface area contributed by atoms with Gasteiger partial charge in [-0.2, -0.15) is 0 Å². The van der Waals surface area contributed by atoms with Crippen molar-refractivity contribution < 1.29 is 22.4 Å². The molecule has 1 aromatic carbocycles. The van der Waals surface area contributed by atoms with Gasteiger partial charge < -0.3 is 22.4 Å². The van der Waals surface area contributed by atoms with E-state index in [1.54, 1.807) is 0 Å². The zero-order valence-electron chi connectivity index (χ0n) is 11.4. The maximum Gasteiger partial charge on any atom is 0.509 e. The second kappa shape index (κ2) is 6.50. The summed E-state index contributed by atoms with van der Waals surface area (Å²) in [4.78, 5) is 2.26. The predicted molar refractivity (Wildman–Crippen MR) is 72.5 cm³/mol. The third-order valence-corrected chi connectivity index (χ3v) is 3.36. The van der Waals surface area contributed by atoms with E-state index in [1.807, 2.05) is 0 Å². The lowest BCUT2D eigenvalue weighted by Gasteiger charge is -2.31. The number of likely N-dealkylation sites (N-methyl/N-ethyl adjacent to an activating group) is 1. The van der Waals surface area contributed by atoms with Gasteiger partial charge in [-0.3, -0.25) is 4.90 Å². The zero-order chi connectivity index (χ0) is 14.6. The van der Waals surface area contributed by atoms with Crippen LogP contribution in [0.3, 0.4) is 0 Å². The molecule has 1 saturated heterocycles. The molecule has 1 aliphatic rings. The molecule has 20 heavy (non-hydrogen) atoms. The molecular weight excluding hydrogens is 270 g/mol. The molecule has 0 amide bonds. The lowest BCUT2D eigenvalue weighted by atomic mass is 9.80. The third-order valence-electron chi connectivity index (χ3n) is 3.36. The highest BCUT2D eigenvalue weighted by Crippen LogP contribution is 2.14. The number of ether oxygens (including phenoxy) is 2. The Morgan fingerprint density at radius 2 is 2.00 bits per heavy atom. The Hall–Kier alpha value is -1.21. The summed E-state index contributed by atoms with van der Waals surface area (Å²) < 4.78 is 48.5. The molecule has 7 heteroatoms. The summed E-state index contributed by atoms with van der Waals surface area (Å²) in [6, 6.07) is 4.81. The Kier molecular flexibility index (Phi) is 4.93. The van der Waals surface area contributed by atoms with Gasteiger partial charge in [0.15, 0.2) is 0 Å². The van der Waals surface area contributed by atoms with Crippen molar-refractivity contribution in [2.24, 2.45) is 0 Å². The van der Waals surface area contributed by atoms with Gasteiger partial charge in [-0.05, 0) is 18.7 Å². The molecule has 0 N–H and O–H groups in total. The third kappa shape index (κ3) is 4.14. The van der Waals surface area contributed by atoms with Crippen LogP contribution in [0.4, 0.5) is 12.9 Å². The lowest BCUT2D eigenvalue weighted by molar-refractivity contribution is -0.0464. The van der Waals surface area contributed by atoms with E-state index in [0.29, 0.717) is 19.0 Å². The molecule has 3 nitrogen and oxygen atoms in total. The van der Waals surface area contributed by atoms with E-state index >= 15 is 0 Å². The first-order valence-electron chi connectivity index (χ1n) is 6.75. The summed E-state index contributed by atoms with van der Waals surface area (Å²) in [7, 11) is 0. The van der Waals surface area contributed by atoms with Gasteiger partial charge in [0.2, 0.25) is 0 Å². The van der Waals surface area contributed by atoms with E-state index in [1.165, 1.54) is 12.1 Å². The van der Waals surface area contributed by atoms with Crippen LogP contribution in [0.15, 0.2) is 24.3 Å². The van der Waals surface area contributed by atoms with Crippen LogP contribution in [-0.2, 0) is 4.74 Å². The maximum atomic E-state index is 12.5. The average Bonchev–Trinajstić information content (AvgIpc) is 2.45. The van der Waals surface area contributed by atoms with Crippen molar-refractivity contribution >= 4 is 12.4 Å². The molecule has 1 aromatic rings. The molecule has 0 bridgehead atoms. The molecule has 0 aliphatic carbocycles. The fourth-order valence-electron chi connectivity index (χ4n) is 2.14. The Morgan fingerprint density at radius 3 is 2.60 bits per heavy atom. The van der Waals surface area contributed by atoms with Crippen molar-refractivity contribution in [3.05, 3.63) is 24.3 Å². The number of benzene rings is 1. The molecule has 2 rings (SSSR count). The van der Waals surface area contributed by atoms with Gasteiger partial charge in [-0.1, -0.05) is 19.1 Å². The molecule has 1 aliphatic heterocycles. The lowest BCUT2D eigenvalue weighted by Crippen LogP contribution is -2.44. The first kappa shape index (κ1) is 15.2. The highest BCUT2D eigenvalue weighted by atomic mass is 19.4. The number of morpholine rings is 1. The van der Waals surface area contributed by atoms with Gasteiger partial charge in [-0.15, -0.1) is 5.46 Å². The molecule has 1 fully saturated rings. The highest BCUT2D eigenvalue weighted by Gasteiger charge is 2.25. The minimum atomic E-state index is -4.94. The van der Waals surface area contributed by atoms with Gasteiger partial charge >= 0.3 is 6.98 Å². The van der Waals surface area contributed by atoms with Gasteiger partial charge in [0.1, 0.15) is 18.5 Å². The summed E-state index contributed by atoms with van der Waals surface area (Å²) in [5.41, 5.74) is -0.608. The quantitative estimate of drug-likeness (QED) is 0.772. The van der Waals surface area contributed by atoms with Crippen molar-refractivity contribution in [3.63, 3.8) is 0 Å². The smallest absolute Gasteiger partial charge is 0.491 e. The van der Waals surface area contributed by atoms with Crippen molar-refractivity contribution in [1.29, 1.82) is 0 Å². The average molecular weight is 288 g/mol. The minimum absolute atomic E-state index is 0.0322. The van der Waals surface area contributed by atoms with E-state index in [9.17, 15) is 12.9 Å². The standard InChI is InChI=1S/C13H18BF3NO2/c1-2-18-7-8-19-13(9-18)10-20-12-5-3-11(4-6-12)14(15,16)17/h3-6,13H,2,7-10H2,1H3/q-1. The predicted octanol–water partition coefficient (Wildman–Crippen LogP) is 1.84. The Bertz CT molecular complexity index is 425. The minimum Gasteiger partial charge on any atom is -0.491 e. The number of hydrogen-bond acceptors (Lipinski definition) is 3. The monoisotopic (exact) mass is 288 g/mol. The summed E-state index contributed by atoms with van der Waals surface area (Å²) in [6.45, 7) is 0.824. The summed E-state index contributed by atoms with van der Waals surface area (Å²) >= 11 is 0. The van der Waals surface area contributed by atoms with Crippen molar-refractivity contribution in [1.82, 2.24) is 4.90 Å². The van der Waals surface area contributed by atoms with E-state index < -0.39 is 12.4 Å². The van der Waals surface area contributed by atoms with Crippen molar-refractivity contribution in [2.75, 3.05) is 32.8 Å².